The Bertz CT molecular complexity index is 366. The van der Waals surface area contributed by atoms with Crippen LogP contribution < -0.4 is 0 Å². The van der Waals surface area contributed by atoms with Gasteiger partial charge >= 0.3 is 0 Å². The van der Waals surface area contributed by atoms with Gasteiger partial charge in [0.05, 0.1) is 0 Å². The van der Waals surface area contributed by atoms with E-state index in [1.54, 1.807) is 22.6 Å². The van der Waals surface area contributed by atoms with Gasteiger partial charge in [0.15, 0.2) is 0 Å². The minimum absolute atomic E-state index is 0.800. The van der Waals surface area contributed by atoms with Gasteiger partial charge in [0.1, 0.15) is 0 Å². The fraction of sp³-hybridized carbons (Fsp3) is 0.333. The summed E-state index contributed by atoms with van der Waals surface area (Å²) in [6.45, 7) is 0. The Morgan fingerprint density at radius 3 is 3.15 bits per heavy atom. The number of tetrazole rings is 1. The maximum absolute atomic E-state index is 3.85. The number of thioether (sulfide) groups is 1. The first-order valence-corrected chi connectivity index (χ1v) is 4.68. The molecule has 0 aromatic carbocycles. The van der Waals surface area contributed by atoms with Crippen LogP contribution in [-0.4, -0.2) is 30.4 Å². The second kappa shape index (κ2) is 3.56. The third-order valence-corrected chi connectivity index (χ3v) is 2.56. The molecule has 6 nitrogen and oxygen atoms in total. The molecule has 0 saturated carbocycles. The van der Waals surface area contributed by atoms with Crippen molar-refractivity contribution in [2.75, 3.05) is 0 Å². The molecule has 0 saturated heterocycles. The van der Waals surface area contributed by atoms with Gasteiger partial charge in [-0.25, -0.2) is 4.68 Å². The number of H-pyrrole nitrogens is 1. The number of aromatic nitrogens is 6. The lowest BCUT2D eigenvalue weighted by Gasteiger charge is -1.95. The molecule has 0 aliphatic carbocycles. The van der Waals surface area contributed by atoms with Gasteiger partial charge in [-0.3, -0.25) is 5.10 Å². The molecule has 2 rings (SSSR count). The molecule has 1 N–H and O–H groups in total. The van der Waals surface area contributed by atoms with Gasteiger partial charge in [-0.2, -0.15) is 5.10 Å². The normalized spacial score (nSPS) is 10.5. The third kappa shape index (κ3) is 1.86. The van der Waals surface area contributed by atoms with Crippen LogP contribution in [0, 0.1) is 0 Å². The minimum Gasteiger partial charge on any atom is -0.282 e. The highest BCUT2D eigenvalue weighted by molar-refractivity contribution is 7.98. The monoisotopic (exact) mass is 196 g/mol. The molecule has 0 bridgehead atoms. The fourth-order valence-corrected chi connectivity index (χ4v) is 1.61. The molecule has 7 heteroatoms. The molecular weight excluding hydrogens is 188 g/mol. The van der Waals surface area contributed by atoms with Gasteiger partial charge in [-0.1, -0.05) is 11.8 Å². The van der Waals surface area contributed by atoms with Crippen molar-refractivity contribution in [3.05, 3.63) is 18.0 Å². The van der Waals surface area contributed by atoms with Crippen molar-refractivity contribution in [1.82, 2.24) is 30.4 Å². The Kier molecular flexibility index (Phi) is 2.26. The van der Waals surface area contributed by atoms with Gasteiger partial charge in [-0.15, -0.1) is 5.10 Å². The van der Waals surface area contributed by atoms with Crippen molar-refractivity contribution in [1.29, 1.82) is 0 Å². The predicted molar refractivity (Wildman–Crippen MR) is 46.9 cm³/mol. The first-order valence-electron chi connectivity index (χ1n) is 3.69. The highest BCUT2D eigenvalue weighted by atomic mass is 32.2. The molecule has 13 heavy (non-hydrogen) atoms. The van der Waals surface area contributed by atoms with Crippen LogP contribution in [0.3, 0.4) is 0 Å². The van der Waals surface area contributed by atoms with E-state index in [0.29, 0.717) is 0 Å². The average molecular weight is 196 g/mol. The van der Waals surface area contributed by atoms with Gasteiger partial charge < -0.3 is 0 Å². The van der Waals surface area contributed by atoms with E-state index in [2.05, 4.69) is 25.7 Å². The molecule has 68 valence electrons. The zero-order chi connectivity index (χ0) is 9.10. The van der Waals surface area contributed by atoms with Crippen molar-refractivity contribution in [2.45, 2.75) is 10.9 Å². The first kappa shape index (κ1) is 8.24. The number of hydrogen-bond donors (Lipinski definition) is 1. The van der Waals surface area contributed by atoms with Gasteiger partial charge in [0.2, 0.25) is 5.16 Å². The summed E-state index contributed by atoms with van der Waals surface area (Å²) < 4.78 is 1.64. The highest BCUT2D eigenvalue weighted by Gasteiger charge is 2.03. The van der Waals surface area contributed by atoms with Crippen molar-refractivity contribution in [3.8, 4) is 0 Å². The number of rotatable bonds is 3. The predicted octanol–water partition coefficient (Wildman–Crippen LogP) is 0.225. The molecule has 0 unspecified atom stereocenters. The van der Waals surface area contributed by atoms with E-state index in [4.69, 9.17) is 0 Å². The Hall–Kier alpha value is -1.37. The topological polar surface area (TPSA) is 72.3 Å². The van der Waals surface area contributed by atoms with Crippen LogP contribution in [0.4, 0.5) is 0 Å². The minimum atomic E-state index is 0.800. The summed E-state index contributed by atoms with van der Waals surface area (Å²) in [6.07, 6.45) is 1.73. The van der Waals surface area contributed by atoms with Crippen molar-refractivity contribution < 1.29 is 0 Å². The van der Waals surface area contributed by atoms with Crippen LogP contribution in [0.25, 0.3) is 0 Å². The van der Waals surface area contributed by atoms with Crippen LogP contribution in [-0.2, 0) is 12.8 Å². The first-order chi connectivity index (χ1) is 6.36. The van der Waals surface area contributed by atoms with Crippen LogP contribution >= 0.6 is 11.8 Å². The summed E-state index contributed by atoms with van der Waals surface area (Å²) in [5, 5.41) is 18.6. The molecule has 0 atom stereocenters. The molecular formula is C6H8N6S. The second-order valence-corrected chi connectivity index (χ2v) is 3.40. The molecule has 2 aromatic rings. The number of aromatic amines is 1. The Morgan fingerprint density at radius 1 is 1.62 bits per heavy atom. The van der Waals surface area contributed by atoms with Crippen LogP contribution in [0.2, 0.25) is 0 Å². The molecule has 0 aliphatic rings. The van der Waals surface area contributed by atoms with E-state index >= 15 is 0 Å². The molecule has 0 aliphatic heterocycles. The quantitative estimate of drug-likeness (QED) is 0.711. The van der Waals surface area contributed by atoms with Crippen molar-refractivity contribution in [3.63, 3.8) is 0 Å². The fourth-order valence-electron chi connectivity index (χ4n) is 0.851. The van der Waals surface area contributed by atoms with Crippen LogP contribution in [0.1, 0.15) is 5.69 Å². The smallest absolute Gasteiger partial charge is 0.209 e. The third-order valence-electron chi connectivity index (χ3n) is 1.50. The highest BCUT2D eigenvalue weighted by Crippen LogP contribution is 2.16. The maximum Gasteiger partial charge on any atom is 0.209 e. The van der Waals surface area contributed by atoms with Crippen molar-refractivity contribution >= 4 is 11.8 Å². The number of nitrogens with one attached hydrogen (secondary N) is 1. The van der Waals surface area contributed by atoms with Gasteiger partial charge in [-0.05, 0) is 16.5 Å². The zero-order valence-electron chi connectivity index (χ0n) is 7.01. The summed E-state index contributed by atoms with van der Waals surface area (Å²) in [6, 6.07) is 1.93. The van der Waals surface area contributed by atoms with E-state index in [0.717, 1.165) is 16.6 Å². The maximum atomic E-state index is 3.85. The van der Waals surface area contributed by atoms with Crippen LogP contribution in [0.5, 0.6) is 0 Å². The Labute approximate surface area is 78.7 Å². The lowest BCUT2D eigenvalue weighted by atomic mass is 10.5. The summed E-state index contributed by atoms with van der Waals surface area (Å²) in [5.41, 5.74) is 1.06. The summed E-state index contributed by atoms with van der Waals surface area (Å²) in [4.78, 5) is 0. The number of aryl methyl sites for hydroxylation is 1. The van der Waals surface area contributed by atoms with Crippen molar-refractivity contribution in [2.24, 2.45) is 7.05 Å². The zero-order valence-corrected chi connectivity index (χ0v) is 7.82. The SMILES string of the molecule is Cn1nnnc1SCc1ccn[nH]1. The number of hydrogen-bond acceptors (Lipinski definition) is 5. The molecule has 2 aromatic heterocycles. The average Bonchev–Trinajstić information content (AvgIpc) is 2.72. The summed E-state index contributed by atoms with van der Waals surface area (Å²) >= 11 is 1.57. The van der Waals surface area contributed by atoms with Crippen LogP contribution in [0.15, 0.2) is 17.4 Å². The molecule has 2 heterocycles. The van der Waals surface area contributed by atoms with E-state index < -0.39 is 0 Å². The lowest BCUT2D eigenvalue weighted by Crippen LogP contribution is -1.93. The molecule has 0 fully saturated rings. The van der Waals surface area contributed by atoms with E-state index in [1.807, 2.05) is 13.1 Å². The van der Waals surface area contributed by atoms with Gasteiger partial charge in [0.25, 0.3) is 0 Å². The Morgan fingerprint density at radius 2 is 2.54 bits per heavy atom. The standard InChI is InChI=1S/C6H8N6S/c1-12-6(9-10-11-12)13-4-5-2-3-7-8-5/h2-3H,4H2,1H3,(H,7,8). The summed E-state index contributed by atoms with van der Waals surface area (Å²) in [5.74, 6) is 0.800. The van der Waals surface area contributed by atoms with Gasteiger partial charge in [0, 0.05) is 24.7 Å². The van der Waals surface area contributed by atoms with E-state index in [9.17, 15) is 0 Å². The second-order valence-electron chi connectivity index (χ2n) is 2.46. The van der Waals surface area contributed by atoms with E-state index in [-0.39, 0.29) is 0 Å². The largest absolute Gasteiger partial charge is 0.282 e. The Balaban J connectivity index is 1.97. The molecule has 0 radical (unpaired) electrons. The molecule has 0 spiro atoms. The lowest BCUT2D eigenvalue weighted by molar-refractivity contribution is 0.664. The molecule has 0 amide bonds. The summed E-state index contributed by atoms with van der Waals surface area (Å²) in [7, 11) is 1.81. The number of nitrogens with zero attached hydrogens (tertiary/aromatic N) is 5. The van der Waals surface area contributed by atoms with E-state index in [1.165, 1.54) is 0 Å².